The molecule has 2 aliphatic rings. The van der Waals surface area contributed by atoms with Gasteiger partial charge < -0.3 is 15.4 Å². The summed E-state index contributed by atoms with van der Waals surface area (Å²) in [5, 5.41) is 14.1. The molecule has 1 saturated heterocycles. The van der Waals surface area contributed by atoms with Gasteiger partial charge in [0.2, 0.25) is 5.95 Å². The van der Waals surface area contributed by atoms with Crippen LogP contribution in [-0.2, 0) is 11.2 Å². The molecular weight excluding hydrogens is 390 g/mol. The molecule has 0 unspecified atom stereocenters. The maximum Gasteiger partial charge on any atom is 0.229 e. The molecule has 2 aromatic heterocycles. The van der Waals surface area contributed by atoms with Crippen LogP contribution in [0.2, 0.25) is 0 Å². The second kappa shape index (κ2) is 9.03. The molecule has 0 amide bonds. The third kappa shape index (κ3) is 5.39. The Morgan fingerprint density at radius 2 is 1.87 bits per heavy atom. The summed E-state index contributed by atoms with van der Waals surface area (Å²) < 4.78 is 5.42. The van der Waals surface area contributed by atoms with Gasteiger partial charge in [0, 0.05) is 49.1 Å². The summed E-state index contributed by atoms with van der Waals surface area (Å²) in [6.45, 7) is 6.79. The summed E-state index contributed by atoms with van der Waals surface area (Å²) in [6, 6.07) is 12.5. The molecule has 3 heterocycles. The monoisotopic (exact) mass is 419 g/mol. The van der Waals surface area contributed by atoms with E-state index < -0.39 is 0 Å². The van der Waals surface area contributed by atoms with Crippen LogP contribution in [0, 0.1) is 6.92 Å². The highest BCUT2D eigenvalue weighted by Crippen LogP contribution is 2.39. The van der Waals surface area contributed by atoms with Crippen molar-refractivity contribution in [3.8, 4) is 0 Å². The first-order chi connectivity index (χ1) is 15.2. The second-order valence-corrected chi connectivity index (χ2v) is 8.35. The van der Waals surface area contributed by atoms with Crippen LogP contribution in [0.15, 0.2) is 36.4 Å². The molecule has 1 aliphatic heterocycles. The Labute approximate surface area is 182 Å². The highest BCUT2D eigenvalue weighted by Gasteiger charge is 2.26. The molecule has 0 atom stereocenters. The average molecular weight is 420 g/mol. The zero-order valence-corrected chi connectivity index (χ0v) is 17.9. The minimum Gasteiger partial charge on any atom is -0.379 e. The number of H-pyrrole nitrogens is 1. The number of aromatic amines is 1. The smallest absolute Gasteiger partial charge is 0.229 e. The zero-order valence-electron chi connectivity index (χ0n) is 17.9. The van der Waals surface area contributed by atoms with Gasteiger partial charge in [-0.1, -0.05) is 12.1 Å². The quantitative estimate of drug-likeness (QED) is 0.512. The number of hydrogen-bond acceptors (Lipinski definition) is 7. The minimum absolute atomic E-state index is 0.575. The topological polar surface area (TPSA) is 91.0 Å². The van der Waals surface area contributed by atoms with Gasteiger partial charge >= 0.3 is 0 Å². The third-order valence-electron chi connectivity index (χ3n) is 5.74. The number of aromatic nitrogens is 4. The first-order valence-corrected chi connectivity index (χ1v) is 11.1. The largest absolute Gasteiger partial charge is 0.379 e. The summed E-state index contributed by atoms with van der Waals surface area (Å²) in [5.74, 6) is 2.79. The Morgan fingerprint density at radius 1 is 1.06 bits per heavy atom. The van der Waals surface area contributed by atoms with Crippen LogP contribution in [0.25, 0.3) is 0 Å². The van der Waals surface area contributed by atoms with Crippen molar-refractivity contribution in [1.29, 1.82) is 0 Å². The van der Waals surface area contributed by atoms with E-state index >= 15 is 0 Å². The van der Waals surface area contributed by atoms with Crippen molar-refractivity contribution >= 4 is 23.3 Å². The summed E-state index contributed by atoms with van der Waals surface area (Å²) in [4.78, 5) is 11.6. The van der Waals surface area contributed by atoms with Crippen LogP contribution in [0.4, 0.5) is 23.3 Å². The van der Waals surface area contributed by atoms with Crippen LogP contribution in [-0.4, -0.2) is 57.9 Å². The fraction of sp³-hybridized carbons (Fsp3) is 0.435. The Balaban J connectivity index is 1.19. The van der Waals surface area contributed by atoms with Crippen molar-refractivity contribution < 1.29 is 4.74 Å². The van der Waals surface area contributed by atoms with E-state index in [1.165, 1.54) is 18.4 Å². The number of morpholine rings is 1. The van der Waals surface area contributed by atoms with Crippen LogP contribution in [0.5, 0.6) is 0 Å². The number of aryl methyl sites for hydroxylation is 1. The lowest BCUT2D eigenvalue weighted by molar-refractivity contribution is 0.0384. The SMILES string of the molecule is Cc1cc(Nc2cc(C3CC3)n[nH]2)nc(Nc2ccc(CCN3CCOCC3)cc2)n1. The minimum atomic E-state index is 0.575. The van der Waals surface area contributed by atoms with Crippen molar-refractivity contribution in [1.82, 2.24) is 25.1 Å². The van der Waals surface area contributed by atoms with Gasteiger partial charge in [0.1, 0.15) is 11.6 Å². The lowest BCUT2D eigenvalue weighted by Crippen LogP contribution is -2.37. The molecule has 0 bridgehead atoms. The molecule has 8 heteroatoms. The van der Waals surface area contributed by atoms with E-state index in [1.54, 1.807) is 0 Å². The van der Waals surface area contributed by atoms with E-state index in [9.17, 15) is 0 Å². The predicted octanol–water partition coefficient (Wildman–Crippen LogP) is 3.75. The van der Waals surface area contributed by atoms with Gasteiger partial charge in [-0.3, -0.25) is 10.00 Å². The molecule has 1 aromatic carbocycles. The van der Waals surface area contributed by atoms with Gasteiger partial charge in [-0.2, -0.15) is 10.1 Å². The standard InChI is InChI=1S/C23H29N7O/c1-16-14-21(26-22-15-20(28-29-22)18-4-5-18)27-23(24-16)25-19-6-2-17(3-7-19)8-9-30-10-12-31-13-11-30/h2-3,6-7,14-15,18H,4-5,8-13H2,1H3,(H3,24,25,26,27,28,29). The first-order valence-electron chi connectivity index (χ1n) is 11.1. The lowest BCUT2D eigenvalue weighted by atomic mass is 10.1. The number of rotatable bonds is 8. The fourth-order valence-electron chi connectivity index (χ4n) is 3.81. The number of hydrogen-bond donors (Lipinski definition) is 3. The van der Waals surface area contributed by atoms with Gasteiger partial charge in [0.15, 0.2) is 0 Å². The van der Waals surface area contributed by atoms with Gasteiger partial charge in [-0.25, -0.2) is 4.98 Å². The molecule has 2 fully saturated rings. The summed E-state index contributed by atoms with van der Waals surface area (Å²) in [6.07, 6.45) is 3.51. The van der Waals surface area contributed by atoms with Gasteiger partial charge in [0.05, 0.1) is 18.9 Å². The molecular formula is C23H29N7O. The number of benzene rings is 1. The maximum absolute atomic E-state index is 5.42. The van der Waals surface area contributed by atoms with Crippen molar-refractivity contribution in [2.75, 3.05) is 43.5 Å². The molecule has 3 aromatic rings. The molecule has 1 saturated carbocycles. The number of nitrogens with one attached hydrogen (secondary N) is 3. The van der Waals surface area contributed by atoms with Gasteiger partial charge in [-0.05, 0) is 43.9 Å². The zero-order chi connectivity index (χ0) is 21.0. The van der Waals surface area contributed by atoms with E-state index in [1.807, 2.05) is 13.0 Å². The summed E-state index contributed by atoms with van der Waals surface area (Å²) in [7, 11) is 0. The predicted molar refractivity (Wildman–Crippen MR) is 121 cm³/mol. The molecule has 162 valence electrons. The molecule has 0 radical (unpaired) electrons. The molecule has 3 N–H and O–H groups in total. The van der Waals surface area contributed by atoms with Crippen LogP contribution >= 0.6 is 0 Å². The molecule has 0 spiro atoms. The first kappa shape index (κ1) is 20.0. The lowest BCUT2D eigenvalue weighted by Gasteiger charge is -2.26. The van der Waals surface area contributed by atoms with E-state index in [0.717, 1.165) is 68.0 Å². The number of nitrogens with zero attached hydrogens (tertiary/aromatic N) is 4. The molecule has 8 nitrogen and oxygen atoms in total. The van der Waals surface area contributed by atoms with Crippen molar-refractivity contribution in [2.45, 2.75) is 32.1 Å². The Morgan fingerprint density at radius 3 is 2.65 bits per heavy atom. The Kier molecular flexibility index (Phi) is 5.82. The van der Waals surface area contributed by atoms with Crippen LogP contribution in [0.1, 0.15) is 35.7 Å². The molecule has 5 rings (SSSR count). The molecule has 31 heavy (non-hydrogen) atoms. The summed E-state index contributed by atoms with van der Waals surface area (Å²) >= 11 is 0. The highest BCUT2D eigenvalue weighted by molar-refractivity contribution is 5.58. The second-order valence-electron chi connectivity index (χ2n) is 8.35. The van der Waals surface area contributed by atoms with E-state index in [-0.39, 0.29) is 0 Å². The average Bonchev–Trinajstić information content (AvgIpc) is 3.53. The third-order valence-corrected chi connectivity index (χ3v) is 5.74. The van der Waals surface area contributed by atoms with E-state index in [4.69, 9.17) is 4.74 Å². The number of ether oxygens (including phenoxy) is 1. The Hall–Kier alpha value is -2.97. The maximum atomic E-state index is 5.42. The molecule has 1 aliphatic carbocycles. The fourth-order valence-corrected chi connectivity index (χ4v) is 3.81. The van der Waals surface area contributed by atoms with Crippen molar-refractivity contribution in [3.05, 3.63) is 53.3 Å². The van der Waals surface area contributed by atoms with Gasteiger partial charge in [0.25, 0.3) is 0 Å². The normalized spacial score (nSPS) is 16.9. The van der Waals surface area contributed by atoms with Crippen LogP contribution < -0.4 is 10.6 Å². The van der Waals surface area contributed by atoms with Crippen LogP contribution in [0.3, 0.4) is 0 Å². The van der Waals surface area contributed by atoms with E-state index in [2.05, 4.69) is 66.0 Å². The van der Waals surface area contributed by atoms with E-state index in [0.29, 0.717) is 11.9 Å². The van der Waals surface area contributed by atoms with Crippen molar-refractivity contribution in [2.24, 2.45) is 0 Å². The highest BCUT2D eigenvalue weighted by atomic mass is 16.5. The Bertz CT molecular complexity index is 1010. The summed E-state index contributed by atoms with van der Waals surface area (Å²) in [5.41, 5.74) is 4.32. The van der Waals surface area contributed by atoms with Gasteiger partial charge in [-0.15, -0.1) is 0 Å². The number of anilines is 4. The van der Waals surface area contributed by atoms with Crippen molar-refractivity contribution in [3.63, 3.8) is 0 Å².